The molecule has 1 unspecified atom stereocenters. The normalized spacial score (nSPS) is 23.8. The van der Waals surface area contributed by atoms with E-state index < -0.39 is 0 Å². The molecule has 0 amide bonds. The lowest BCUT2D eigenvalue weighted by Crippen LogP contribution is -2.45. The van der Waals surface area contributed by atoms with Crippen molar-refractivity contribution in [1.29, 1.82) is 0 Å². The number of hydrogen-bond donors (Lipinski definition) is 2. The van der Waals surface area contributed by atoms with Crippen molar-refractivity contribution >= 4 is 11.5 Å². The van der Waals surface area contributed by atoms with Gasteiger partial charge in [-0.2, -0.15) is 0 Å². The van der Waals surface area contributed by atoms with E-state index in [-0.39, 0.29) is 5.41 Å². The van der Waals surface area contributed by atoms with Crippen LogP contribution in [0.5, 0.6) is 0 Å². The molecule has 1 aromatic heterocycles. The maximum absolute atomic E-state index is 4.85. The van der Waals surface area contributed by atoms with Gasteiger partial charge in [-0.1, -0.05) is 38.8 Å². The Hall–Kier alpha value is -2.14. The van der Waals surface area contributed by atoms with Crippen LogP contribution in [-0.4, -0.2) is 35.6 Å². The molecule has 2 aromatic rings. The average molecular weight is 446 g/mol. The molecule has 0 radical (unpaired) electrons. The van der Waals surface area contributed by atoms with Crippen molar-refractivity contribution in [3.05, 3.63) is 46.9 Å². The summed E-state index contributed by atoms with van der Waals surface area (Å²) < 4.78 is 0. The van der Waals surface area contributed by atoms with Gasteiger partial charge < -0.3 is 15.5 Å². The molecule has 176 valence electrons. The molecule has 1 atom stereocenters. The predicted octanol–water partition coefficient (Wildman–Crippen LogP) is 5.16. The van der Waals surface area contributed by atoms with Gasteiger partial charge in [-0.05, 0) is 67.6 Å². The first-order valence-electron chi connectivity index (χ1n) is 13.3. The van der Waals surface area contributed by atoms with Crippen molar-refractivity contribution in [1.82, 2.24) is 15.3 Å². The zero-order valence-electron chi connectivity index (χ0n) is 20.4. The van der Waals surface area contributed by atoms with Crippen LogP contribution in [0.4, 0.5) is 11.5 Å². The number of nitrogens with zero attached hydrogens (tertiary/aromatic N) is 3. The van der Waals surface area contributed by atoms with Crippen LogP contribution < -0.4 is 15.5 Å². The largest absolute Gasteiger partial charge is 0.384 e. The lowest BCUT2D eigenvalue weighted by Gasteiger charge is -2.41. The highest BCUT2D eigenvalue weighted by molar-refractivity contribution is 5.64. The Kier molecular flexibility index (Phi) is 5.56. The smallest absolute Gasteiger partial charge is 0.135 e. The standard InChI is InChI=1S/C28H39N5/c1-19(2)22-10-11-23-25(22)27(32-18-31-23)33-14-12-28(13-15-33)17-30-24-9-5-6-20(26(24)28)16-29-21-7-3-4-8-21/h5-6,9,18-19,21-22,29-30H,3-4,7-8,10-17H2,1-2H3. The Balaban J connectivity index is 1.23. The molecule has 3 heterocycles. The Labute approximate surface area is 198 Å². The van der Waals surface area contributed by atoms with Gasteiger partial charge in [0.1, 0.15) is 12.1 Å². The highest BCUT2D eigenvalue weighted by atomic mass is 15.2. The number of benzene rings is 1. The van der Waals surface area contributed by atoms with E-state index in [4.69, 9.17) is 4.98 Å². The fourth-order valence-corrected chi connectivity index (χ4v) is 7.19. The lowest BCUT2D eigenvalue weighted by molar-refractivity contribution is 0.356. The number of fused-ring (bicyclic) bond motifs is 3. The number of aromatic nitrogens is 2. The zero-order valence-corrected chi connectivity index (χ0v) is 20.4. The summed E-state index contributed by atoms with van der Waals surface area (Å²) >= 11 is 0. The van der Waals surface area contributed by atoms with Crippen LogP contribution >= 0.6 is 0 Å². The fourth-order valence-electron chi connectivity index (χ4n) is 7.19. The van der Waals surface area contributed by atoms with E-state index >= 15 is 0 Å². The van der Waals surface area contributed by atoms with Gasteiger partial charge in [0, 0.05) is 54.6 Å². The van der Waals surface area contributed by atoms with Gasteiger partial charge >= 0.3 is 0 Å². The molecule has 2 fully saturated rings. The van der Waals surface area contributed by atoms with Gasteiger partial charge in [-0.15, -0.1) is 0 Å². The topological polar surface area (TPSA) is 53.1 Å². The molecule has 1 saturated carbocycles. The second-order valence-corrected chi connectivity index (χ2v) is 11.3. The maximum Gasteiger partial charge on any atom is 0.135 e. The van der Waals surface area contributed by atoms with Crippen LogP contribution in [0.3, 0.4) is 0 Å². The molecule has 2 aliphatic carbocycles. The van der Waals surface area contributed by atoms with Crippen molar-refractivity contribution in [3.63, 3.8) is 0 Å². The molecular formula is C28H39N5. The second-order valence-electron chi connectivity index (χ2n) is 11.3. The second kappa shape index (κ2) is 8.57. The first kappa shape index (κ1) is 21.4. The van der Waals surface area contributed by atoms with Crippen LogP contribution in [0.2, 0.25) is 0 Å². The summed E-state index contributed by atoms with van der Waals surface area (Å²) in [5.74, 6) is 2.48. The van der Waals surface area contributed by atoms with E-state index in [9.17, 15) is 0 Å². The Morgan fingerprint density at radius 1 is 1.12 bits per heavy atom. The summed E-state index contributed by atoms with van der Waals surface area (Å²) in [6.07, 6.45) is 12.0. The average Bonchev–Trinajstić information content (AvgIpc) is 3.58. The summed E-state index contributed by atoms with van der Waals surface area (Å²) in [5.41, 5.74) is 7.50. The number of rotatable bonds is 5. The Morgan fingerprint density at radius 2 is 1.94 bits per heavy atom. The summed E-state index contributed by atoms with van der Waals surface area (Å²) in [7, 11) is 0. The molecule has 2 N–H and O–H groups in total. The van der Waals surface area contributed by atoms with Crippen molar-refractivity contribution < 1.29 is 0 Å². The molecule has 0 bridgehead atoms. The van der Waals surface area contributed by atoms with E-state index in [0.717, 1.165) is 32.6 Å². The van der Waals surface area contributed by atoms with Crippen molar-refractivity contribution in [2.45, 2.75) is 89.1 Å². The SMILES string of the molecule is CC(C)C1CCc2ncnc(N3CCC4(CC3)CNc3cccc(CNC5CCCC5)c34)c21. The predicted molar refractivity (Wildman–Crippen MR) is 135 cm³/mol. The van der Waals surface area contributed by atoms with Crippen molar-refractivity contribution in [2.75, 3.05) is 29.9 Å². The lowest BCUT2D eigenvalue weighted by atomic mass is 9.72. The number of piperidine rings is 1. The van der Waals surface area contributed by atoms with Crippen LogP contribution in [0, 0.1) is 5.92 Å². The highest BCUT2D eigenvalue weighted by Gasteiger charge is 2.44. The Morgan fingerprint density at radius 3 is 2.73 bits per heavy atom. The molecule has 5 heteroatoms. The van der Waals surface area contributed by atoms with Gasteiger partial charge in [0.2, 0.25) is 0 Å². The fraction of sp³-hybridized carbons (Fsp3) is 0.643. The van der Waals surface area contributed by atoms with Gasteiger partial charge in [-0.3, -0.25) is 0 Å². The van der Waals surface area contributed by atoms with Crippen LogP contribution in [0.15, 0.2) is 24.5 Å². The Bertz CT molecular complexity index is 1000. The number of aryl methyl sites for hydroxylation is 1. The van der Waals surface area contributed by atoms with Gasteiger partial charge in [0.05, 0.1) is 0 Å². The van der Waals surface area contributed by atoms with Gasteiger partial charge in [0.15, 0.2) is 0 Å². The van der Waals surface area contributed by atoms with E-state index in [1.165, 1.54) is 73.3 Å². The molecule has 5 nitrogen and oxygen atoms in total. The quantitative estimate of drug-likeness (QED) is 0.666. The van der Waals surface area contributed by atoms with Crippen LogP contribution in [0.1, 0.15) is 87.1 Å². The third kappa shape index (κ3) is 3.73. The number of anilines is 2. The van der Waals surface area contributed by atoms with Crippen molar-refractivity contribution in [3.8, 4) is 0 Å². The first-order chi connectivity index (χ1) is 16.1. The summed E-state index contributed by atoms with van der Waals surface area (Å²) in [4.78, 5) is 12.1. The van der Waals surface area contributed by atoms with E-state index in [1.807, 2.05) is 0 Å². The third-order valence-corrected chi connectivity index (χ3v) is 9.07. The molecule has 4 aliphatic rings. The van der Waals surface area contributed by atoms with E-state index in [0.29, 0.717) is 17.9 Å². The monoisotopic (exact) mass is 445 g/mol. The molecule has 1 spiro atoms. The number of nitrogens with one attached hydrogen (secondary N) is 2. The van der Waals surface area contributed by atoms with Crippen molar-refractivity contribution in [2.24, 2.45) is 5.92 Å². The summed E-state index contributed by atoms with van der Waals surface area (Å²) in [6.45, 7) is 8.96. The minimum absolute atomic E-state index is 0.257. The van der Waals surface area contributed by atoms with Gasteiger partial charge in [-0.25, -0.2) is 9.97 Å². The maximum atomic E-state index is 4.85. The minimum Gasteiger partial charge on any atom is -0.384 e. The van der Waals surface area contributed by atoms with E-state index in [2.05, 4.69) is 52.6 Å². The minimum atomic E-state index is 0.257. The number of hydrogen-bond acceptors (Lipinski definition) is 5. The van der Waals surface area contributed by atoms with E-state index in [1.54, 1.807) is 11.9 Å². The summed E-state index contributed by atoms with van der Waals surface area (Å²) in [5, 5.41) is 7.65. The highest BCUT2D eigenvalue weighted by Crippen LogP contribution is 2.48. The molecule has 1 aromatic carbocycles. The molecule has 33 heavy (non-hydrogen) atoms. The molecule has 2 aliphatic heterocycles. The summed E-state index contributed by atoms with van der Waals surface area (Å²) in [6, 6.07) is 7.61. The molecule has 1 saturated heterocycles. The third-order valence-electron chi connectivity index (χ3n) is 9.07. The van der Waals surface area contributed by atoms with Crippen LogP contribution in [-0.2, 0) is 18.4 Å². The van der Waals surface area contributed by atoms with Gasteiger partial charge in [0.25, 0.3) is 0 Å². The van der Waals surface area contributed by atoms with Crippen LogP contribution in [0.25, 0.3) is 0 Å². The molecular weight excluding hydrogens is 406 g/mol. The molecule has 6 rings (SSSR count). The zero-order chi connectivity index (χ0) is 22.4. The first-order valence-corrected chi connectivity index (χ1v) is 13.3.